The van der Waals surface area contributed by atoms with Crippen LogP contribution in [0.4, 0.5) is 0 Å². The minimum atomic E-state index is 0.427. The summed E-state index contributed by atoms with van der Waals surface area (Å²) in [6.45, 7) is 2.51. The summed E-state index contributed by atoms with van der Waals surface area (Å²) in [5.74, 6) is 3.37. The van der Waals surface area contributed by atoms with Gasteiger partial charge in [-0.05, 0) is 29.3 Å². The fourth-order valence-electron chi connectivity index (χ4n) is 1.62. The molecule has 0 aliphatic heterocycles. The summed E-state index contributed by atoms with van der Waals surface area (Å²) in [7, 11) is 0. The second-order valence-electron chi connectivity index (χ2n) is 3.94. The topological polar surface area (TPSA) is 43.6 Å². The third-order valence-electron chi connectivity index (χ3n) is 2.61. The van der Waals surface area contributed by atoms with Crippen LogP contribution in [0.1, 0.15) is 17.0 Å². The quantitative estimate of drug-likeness (QED) is 0.740. The normalized spacial score (nSPS) is 10.1. The maximum Gasteiger partial charge on any atom is 0.152 e. The number of rotatable bonds is 4. The fraction of sp³-hybridized carbons (Fsp3) is 0.308. The second-order valence-corrected chi connectivity index (χ2v) is 3.94. The number of hydrogen-bond donors (Lipinski definition) is 0. The van der Waals surface area contributed by atoms with Gasteiger partial charge in [0.1, 0.15) is 6.54 Å². The minimum Gasteiger partial charge on any atom is -0.218 e. The van der Waals surface area contributed by atoms with Crippen molar-refractivity contribution in [2.75, 3.05) is 0 Å². The number of nitrogens with zero attached hydrogens (tertiary/aromatic N) is 4. The molecule has 0 fully saturated rings. The summed E-state index contributed by atoms with van der Waals surface area (Å²) in [6, 6.07) is 8.48. The molecule has 0 saturated heterocycles. The summed E-state index contributed by atoms with van der Waals surface area (Å²) in [5.41, 5.74) is 2.55. The molecule has 0 bridgehead atoms. The average molecular weight is 226 g/mol. The highest BCUT2D eigenvalue weighted by Gasteiger charge is 2.04. The molecule has 0 aliphatic carbocycles. The molecule has 0 saturated carbocycles. The first-order chi connectivity index (χ1) is 8.29. The first kappa shape index (κ1) is 11.3. The van der Waals surface area contributed by atoms with E-state index in [0.29, 0.717) is 6.54 Å². The summed E-state index contributed by atoms with van der Waals surface area (Å²) in [4.78, 5) is 0. The maximum atomic E-state index is 5.25. The zero-order valence-corrected chi connectivity index (χ0v) is 9.80. The third-order valence-corrected chi connectivity index (χ3v) is 2.61. The van der Waals surface area contributed by atoms with Gasteiger partial charge in [0, 0.05) is 6.42 Å². The molecule has 0 unspecified atom stereocenters. The third kappa shape index (κ3) is 2.91. The van der Waals surface area contributed by atoms with E-state index in [0.717, 1.165) is 18.7 Å². The van der Waals surface area contributed by atoms with Crippen molar-refractivity contribution in [2.45, 2.75) is 26.3 Å². The Kier molecular flexibility index (Phi) is 3.51. The lowest BCUT2D eigenvalue weighted by Gasteiger charge is -2.02. The van der Waals surface area contributed by atoms with Crippen molar-refractivity contribution in [1.29, 1.82) is 0 Å². The molecule has 0 N–H and O–H groups in total. The van der Waals surface area contributed by atoms with Crippen molar-refractivity contribution < 1.29 is 0 Å². The number of aromatic nitrogens is 4. The largest absolute Gasteiger partial charge is 0.218 e. The molecule has 0 atom stereocenters. The van der Waals surface area contributed by atoms with E-state index in [1.165, 1.54) is 11.1 Å². The van der Waals surface area contributed by atoms with Crippen LogP contribution in [-0.2, 0) is 19.4 Å². The Labute approximate surface area is 101 Å². The van der Waals surface area contributed by atoms with Crippen LogP contribution in [-0.4, -0.2) is 20.2 Å². The number of hydrogen-bond acceptors (Lipinski definition) is 3. The lowest BCUT2D eigenvalue weighted by Crippen LogP contribution is -2.06. The van der Waals surface area contributed by atoms with E-state index in [9.17, 15) is 0 Å². The number of aryl methyl sites for hydroxylation is 3. The van der Waals surface area contributed by atoms with E-state index in [-0.39, 0.29) is 0 Å². The molecule has 0 spiro atoms. The Morgan fingerprint density at radius 3 is 2.71 bits per heavy atom. The number of benzene rings is 1. The molecule has 0 aliphatic rings. The summed E-state index contributed by atoms with van der Waals surface area (Å²) < 4.78 is 1.66. The highest BCUT2D eigenvalue weighted by atomic mass is 15.5. The van der Waals surface area contributed by atoms with Crippen LogP contribution >= 0.6 is 0 Å². The Morgan fingerprint density at radius 1 is 1.24 bits per heavy atom. The van der Waals surface area contributed by atoms with Gasteiger partial charge in [0.2, 0.25) is 0 Å². The van der Waals surface area contributed by atoms with Gasteiger partial charge in [-0.2, -0.15) is 0 Å². The Hall–Kier alpha value is -2.15. The molecule has 4 heteroatoms. The maximum absolute atomic E-state index is 5.25. The van der Waals surface area contributed by atoms with E-state index >= 15 is 0 Å². The van der Waals surface area contributed by atoms with Gasteiger partial charge in [-0.15, -0.1) is 11.5 Å². The van der Waals surface area contributed by atoms with Crippen molar-refractivity contribution >= 4 is 0 Å². The molecule has 0 radical (unpaired) electrons. The highest BCUT2D eigenvalue weighted by molar-refractivity contribution is 5.21. The predicted octanol–water partition coefficient (Wildman–Crippen LogP) is 1.40. The first-order valence-electron chi connectivity index (χ1n) is 5.53. The van der Waals surface area contributed by atoms with Gasteiger partial charge in [0.05, 0.1) is 0 Å². The van der Waals surface area contributed by atoms with E-state index in [1.807, 2.05) is 0 Å². The zero-order valence-electron chi connectivity index (χ0n) is 9.80. The summed E-state index contributed by atoms with van der Waals surface area (Å²) in [6.07, 6.45) is 6.97. The van der Waals surface area contributed by atoms with Crippen LogP contribution in [0.15, 0.2) is 24.3 Å². The number of terminal acetylenes is 1. The molecule has 86 valence electrons. The van der Waals surface area contributed by atoms with Crippen LogP contribution < -0.4 is 0 Å². The van der Waals surface area contributed by atoms with E-state index in [4.69, 9.17) is 6.42 Å². The molecule has 1 aromatic carbocycles. The molecule has 17 heavy (non-hydrogen) atoms. The van der Waals surface area contributed by atoms with E-state index < -0.39 is 0 Å². The van der Waals surface area contributed by atoms with Gasteiger partial charge in [0.15, 0.2) is 5.82 Å². The Bertz CT molecular complexity index is 519. The van der Waals surface area contributed by atoms with Crippen molar-refractivity contribution in [3.63, 3.8) is 0 Å². The van der Waals surface area contributed by atoms with Gasteiger partial charge in [-0.25, -0.2) is 4.68 Å². The van der Waals surface area contributed by atoms with Crippen LogP contribution in [0.3, 0.4) is 0 Å². The van der Waals surface area contributed by atoms with Crippen molar-refractivity contribution in [3.8, 4) is 12.3 Å². The number of tetrazole rings is 1. The first-order valence-corrected chi connectivity index (χ1v) is 5.53. The summed E-state index contributed by atoms with van der Waals surface area (Å²) >= 11 is 0. The van der Waals surface area contributed by atoms with Gasteiger partial charge >= 0.3 is 0 Å². The molecule has 1 heterocycles. The standard InChI is InChI=1S/C13H14N4/c1-3-10-17-13(14-15-16-17)9-8-12-6-4-11(2)5-7-12/h1,4-7H,8-10H2,2H3. The SMILES string of the molecule is C#CCn1nnnc1CCc1ccc(C)cc1. The van der Waals surface area contributed by atoms with E-state index in [1.54, 1.807) is 4.68 Å². The van der Waals surface area contributed by atoms with Gasteiger partial charge in [-0.1, -0.05) is 35.7 Å². The zero-order chi connectivity index (χ0) is 12.1. The molecule has 1 aromatic heterocycles. The Balaban J connectivity index is 2.00. The van der Waals surface area contributed by atoms with Gasteiger partial charge < -0.3 is 0 Å². The summed E-state index contributed by atoms with van der Waals surface area (Å²) in [5, 5.41) is 11.5. The molecular formula is C13H14N4. The monoisotopic (exact) mass is 226 g/mol. The molecule has 2 rings (SSSR count). The van der Waals surface area contributed by atoms with Crippen LogP contribution in [0, 0.1) is 19.3 Å². The molecule has 4 nitrogen and oxygen atoms in total. The lowest BCUT2D eigenvalue weighted by molar-refractivity contribution is 0.635. The van der Waals surface area contributed by atoms with E-state index in [2.05, 4.69) is 52.6 Å². The van der Waals surface area contributed by atoms with Gasteiger partial charge in [-0.3, -0.25) is 0 Å². The van der Waals surface area contributed by atoms with Crippen molar-refractivity contribution in [3.05, 3.63) is 41.2 Å². The lowest BCUT2D eigenvalue weighted by atomic mass is 10.1. The average Bonchev–Trinajstić information content (AvgIpc) is 2.77. The van der Waals surface area contributed by atoms with Crippen molar-refractivity contribution in [1.82, 2.24) is 20.2 Å². The van der Waals surface area contributed by atoms with Crippen molar-refractivity contribution in [2.24, 2.45) is 0 Å². The van der Waals surface area contributed by atoms with Crippen LogP contribution in [0.5, 0.6) is 0 Å². The smallest absolute Gasteiger partial charge is 0.152 e. The van der Waals surface area contributed by atoms with Crippen LogP contribution in [0.25, 0.3) is 0 Å². The fourth-order valence-corrected chi connectivity index (χ4v) is 1.62. The highest BCUT2D eigenvalue weighted by Crippen LogP contribution is 2.06. The van der Waals surface area contributed by atoms with Gasteiger partial charge in [0.25, 0.3) is 0 Å². The molecule has 0 amide bonds. The predicted molar refractivity (Wildman–Crippen MR) is 65.2 cm³/mol. The van der Waals surface area contributed by atoms with Crippen LogP contribution in [0.2, 0.25) is 0 Å². The second kappa shape index (κ2) is 5.26. The Morgan fingerprint density at radius 2 is 2.00 bits per heavy atom. The molecule has 2 aromatic rings. The minimum absolute atomic E-state index is 0.427. The molecular weight excluding hydrogens is 212 g/mol.